The Labute approximate surface area is 280 Å². The zero-order chi connectivity index (χ0) is 30.9. The van der Waals surface area contributed by atoms with Gasteiger partial charge < -0.3 is 4.90 Å². The van der Waals surface area contributed by atoms with Crippen LogP contribution in [0, 0.1) is 0 Å². The molecule has 0 unspecified atom stereocenters. The van der Waals surface area contributed by atoms with Gasteiger partial charge in [-0.2, -0.15) is 0 Å². The number of hydrogen-bond acceptors (Lipinski definition) is 3. The van der Waals surface area contributed by atoms with Crippen molar-refractivity contribution in [2.75, 3.05) is 4.90 Å². The van der Waals surface area contributed by atoms with E-state index in [0.29, 0.717) is 0 Å². The molecule has 10 aromatic rings. The third-order valence-electron chi connectivity index (χ3n) is 9.44. The molecule has 0 radical (unpaired) electrons. The lowest BCUT2D eigenvalue weighted by Gasteiger charge is -2.26. The van der Waals surface area contributed by atoms with Gasteiger partial charge in [0.25, 0.3) is 0 Å². The van der Waals surface area contributed by atoms with Crippen LogP contribution in [-0.2, 0) is 0 Å². The van der Waals surface area contributed by atoms with E-state index in [1.54, 1.807) is 0 Å². The molecule has 0 aliphatic heterocycles. The quantitative estimate of drug-likeness (QED) is 0.186. The first kappa shape index (κ1) is 26.7. The van der Waals surface area contributed by atoms with Gasteiger partial charge in [0.05, 0.1) is 0 Å². The van der Waals surface area contributed by atoms with E-state index < -0.39 is 0 Å². The summed E-state index contributed by atoms with van der Waals surface area (Å²) in [6.07, 6.45) is 0. The van der Waals surface area contributed by atoms with Crippen LogP contribution in [0.5, 0.6) is 0 Å². The molecule has 2 heterocycles. The molecule has 0 amide bonds. The zero-order valence-electron chi connectivity index (χ0n) is 25.4. The molecule has 8 aromatic carbocycles. The van der Waals surface area contributed by atoms with Crippen molar-refractivity contribution in [3.8, 4) is 11.1 Å². The van der Waals surface area contributed by atoms with Crippen molar-refractivity contribution in [3.63, 3.8) is 0 Å². The summed E-state index contributed by atoms with van der Waals surface area (Å²) in [5.41, 5.74) is 5.91. The Morgan fingerprint density at radius 3 is 1.83 bits per heavy atom. The molecule has 0 aliphatic carbocycles. The number of anilines is 3. The van der Waals surface area contributed by atoms with Crippen LogP contribution in [0.4, 0.5) is 17.1 Å². The first-order valence-corrected chi connectivity index (χ1v) is 17.6. The molecule has 0 saturated heterocycles. The third kappa shape index (κ3) is 4.28. The van der Waals surface area contributed by atoms with E-state index in [1.807, 2.05) is 22.7 Å². The van der Waals surface area contributed by atoms with Crippen LogP contribution in [-0.4, -0.2) is 0 Å². The monoisotopic (exact) mass is 633 g/mol. The van der Waals surface area contributed by atoms with E-state index in [4.69, 9.17) is 0 Å². The molecule has 0 atom stereocenters. The molecule has 47 heavy (non-hydrogen) atoms. The van der Waals surface area contributed by atoms with Gasteiger partial charge in [-0.05, 0) is 93.3 Å². The first-order chi connectivity index (χ1) is 23.3. The molecule has 0 saturated carbocycles. The summed E-state index contributed by atoms with van der Waals surface area (Å²) in [6.45, 7) is 0. The molecule has 0 bridgehead atoms. The lowest BCUT2D eigenvalue weighted by Crippen LogP contribution is -2.09. The van der Waals surface area contributed by atoms with Crippen LogP contribution < -0.4 is 4.90 Å². The van der Waals surface area contributed by atoms with E-state index in [2.05, 4.69) is 169 Å². The molecule has 1 nitrogen and oxygen atoms in total. The highest BCUT2D eigenvalue weighted by Gasteiger charge is 2.17. The second-order valence-electron chi connectivity index (χ2n) is 12.1. The summed E-state index contributed by atoms with van der Waals surface area (Å²) in [4.78, 5) is 2.41. The van der Waals surface area contributed by atoms with Crippen molar-refractivity contribution in [2.24, 2.45) is 0 Å². The Kier molecular flexibility index (Phi) is 5.98. The standard InChI is InChI=1S/C44H27NS2/c1-2-10-34-28(8-1)9-7-13-35(34)29-16-19-31(20-17-29)45(33-22-25-42-39(27-33)37-11-3-5-14-40(37)46-42)32-21-23-36-30(26-32)18-24-43-44(36)38-12-4-6-15-41(38)47-43/h1-27H. The smallest absolute Gasteiger partial charge is 0.0468 e. The molecule has 220 valence electrons. The van der Waals surface area contributed by atoms with E-state index >= 15 is 0 Å². The number of benzene rings is 8. The topological polar surface area (TPSA) is 3.24 Å². The maximum atomic E-state index is 2.41. The Morgan fingerprint density at radius 2 is 0.957 bits per heavy atom. The fourth-order valence-electron chi connectivity index (χ4n) is 7.25. The fourth-order valence-corrected chi connectivity index (χ4v) is 9.46. The normalized spacial score (nSPS) is 11.8. The molecule has 0 aliphatic rings. The highest BCUT2D eigenvalue weighted by Crippen LogP contribution is 2.44. The van der Waals surface area contributed by atoms with Crippen LogP contribution in [0.3, 0.4) is 0 Å². The first-order valence-electron chi connectivity index (χ1n) is 15.9. The molecule has 0 fully saturated rings. The SMILES string of the molecule is c1ccc2c(-c3ccc(N(c4ccc5c(ccc6sc7ccccc7c65)c4)c4ccc5sc6ccccc6c5c4)cc3)cccc2c1. The van der Waals surface area contributed by atoms with Gasteiger partial charge in [0.2, 0.25) is 0 Å². The second-order valence-corrected chi connectivity index (χ2v) is 14.3. The lowest BCUT2D eigenvalue weighted by molar-refractivity contribution is 1.30. The Morgan fingerprint density at radius 1 is 0.340 bits per heavy atom. The average molecular weight is 634 g/mol. The van der Waals surface area contributed by atoms with Crippen molar-refractivity contribution in [1.82, 2.24) is 0 Å². The highest BCUT2D eigenvalue weighted by atomic mass is 32.1. The van der Waals surface area contributed by atoms with Gasteiger partial charge in [-0.3, -0.25) is 0 Å². The molecular weight excluding hydrogens is 607 g/mol. The maximum absolute atomic E-state index is 2.41. The van der Waals surface area contributed by atoms with Crippen LogP contribution in [0.2, 0.25) is 0 Å². The minimum atomic E-state index is 1.13. The number of fused-ring (bicyclic) bond motifs is 9. The summed E-state index contributed by atoms with van der Waals surface area (Å²) in [6, 6.07) is 60.3. The lowest BCUT2D eigenvalue weighted by atomic mass is 9.98. The molecule has 2 aromatic heterocycles. The molecule has 0 N–H and O–H groups in total. The van der Waals surface area contributed by atoms with Crippen molar-refractivity contribution >= 4 is 102 Å². The predicted octanol–water partition coefficient (Wildman–Crippen LogP) is 13.9. The van der Waals surface area contributed by atoms with E-state index in [1.165, 1.54) is 73.0 Å². The second kappa shape index (κ2) is 10.5. The fraction of sp³-hybridized carbons (Fsp3) is 0. The summed E-state index contributed by atoms with van der Waals surface area (Å²) in [5.74, 6) is 0. The summed E-state index contributed by atoms with van der Waals surface area (Å²) < 4.78 is 5.31. The van der Waals surface area contributed by atoms with Gasteiger partial charge in [0.15, 0.2) is 0 Å². The van der Waals surface area contributed by atoms with Gasteiger partial charge in [-0.25, -0.2) is 0 Å². The molecule has 3 heteroatoms. The van der Waals surface area contributed by atoms with Crippen molar-refractivity contribution in [3.05, 3.63) is 164 Å². The highest BCUT2D eigenvalue weighted by molar-refractivity contribution is 7.26. The maximum Gasteiger partial charge on any atom is 0.0468 e. The molecule has 10 rings (SSSR count). The summed E-state index contributed by atoms with van der Waals surface area (Å²) in [7, 11) is 0. The van der Waals surface area contributed by atoms with E-state index in [0.717, 1.165) is 17.1 Å². The minimum absolute atomic E-state index is 1.13. The van der Waals surface area contributed by atoms with Gasteiger partial charge >= 0.3 is 0 Å². The molecule has 0 spiro atoms. The van der Waals surface area contributed by atoms with E-state index in [-0.39, 0.29) is 0 Å². The van der Waals surface area contributed by atoms with E-state index in [9.17, 15) is 0 Å². The van der Waals surface area contributed by atoms with Crippen LogP contribution >= 0.6 is 22.7 Å². The van der Waals surface area contributed by atoms with Gasteiger partial charge in [0.1, 0.15) is 0 Å². The third-order valence-corrected chi connectivity index (χ3v) is 11.7. The van der Waals surface area contributed by atoms with Crippen LogP contribution in [0.25, 0.3) is 73.0 Å². The van der Waals surface area contributed by atoms with Gasteiger partial charge in [-0.15, -0.1) is 22.7 Å². The number of hydrogen-bond donors (Lipinski definition) is 0. The largest absolute Gasteiger partial charge is 0.310 e. The van der Waals surface area contributed by atoms with Gasteiger partial charge in [0, 0.05) is 57.4 Å². The zero-order valence-corrected chi connectivity index (χ0v) is 27.0. The summed E-state index contributed by atoms with van der Waals surface area (Å²) in [5, 5.41) is 10.4. The summed E-state index contributed by atoms with van der Waals surface area (Å²) >= 11 is 3.74. The van der Waals surface area contributed by atoms with Crippen LogP contribution in [0.1, 0.15) is 0 Å². The van der Waals surface area contributed by atoms with Gasteiger partial charge in [-0.1, -0.05) is 103 Å². The number of rotatable bonds is 4. The Balaban J connectivity index is 1.16. The average Bonchev–Trinajstić information content (AvgIpc) is 3.70. The Hall–Kier alpha value is -5.48. The predicted molar refractivity (Wildman–Crippen MR) is 207 cm³/mol. The Bertz CT molecular complexity index is 2800. The van der Waals surface area contributed by atoms with Crippen molar-refractivity contribution in [1.29, 1.82) is 0 Å². The number of nitrogens with zero attached hydrogens (tertiary/aromatic N) is 1. The van der Waals surface area contributed by atoms with Crippen molar-refractivity contribution in [2.45, 2.75) is 0 Å². The van der Waals surface area contributed by atoms with Crippen molar-refractivity contribution < 1.29 is 0 Å². The number of thiophene rings is 2. The molecular formula is C44H27NS2. The minimum Gasteiger partial charge on any atom is -0.310 e. The van der Waals surface area contributed by atoms with Crippen LogP contribution in [0.15, 0.2) is 164 Å².